The molecule has 1 aromatic heterocycles. The third kappa shape index (κ3) is 3.91. The van der Waals surface area contributed by atoms with E-state index in [1.54, 1.807) is 19.1 Å². The van der Waals surface area contributed by atoms with E-state index in [4.69, 9.17) is 0 Å². The van der Waals surface area contributed by atoms with Gasteiger partial charge in [-0.3, -0.25) is 9.78 Å². The Morgan fingerprint density at radius 3 is 2.65 bits per heavy atom. The summed E-state index contributed by atoms with van der Waals surface area (Å²) in [6, 6.07) is 7.32. The largest absolute Gasteiger partial charge is 0.326 e. The number of anilines is 1. The van der Waals surface area contributed by atoms with Gasteiger partial charge in [0, 0.05) is 37.1 Å². The van der Waals surface area contributed by atoms with Crippen LogP contribution in [0.1, 0.15) is 18.4 Å². The number of aromatic nitrogens is 1. The molecule has 2 aromatic rings. The number of aryl methyl sites for hydroxylation is 1. The highest BCUT2D eigenvalue weighted by atomic mass is 32.2. The molecule has 0 atom stereocenters. The molecule has 0 bridgehead atoms. The van der Waals surface area contributed by atoms with Crippen LogP contribution >= 0.6 is 0 Å². The number of rotatable bonds is 4. The first-order valence-electron chi connectivity index (χ1n) is 8.35. The van der Waals surface area contributed by atoms with Gasteiger partial charge in [-0.2, -0.15) is 4.31 Å². The van der Waals surface area contributed by atoms with Crippen LogP contribution in [-0.2, 0) is 14.8 Å². The lowest BCUT2D eigenvalue weighted by Crippen LogP contribution is -2.41. The highest BCUT2D eigenvalue weighted by Gasteiger charge is 2.32. The van der Waals surface area contributed by atoms with E-state index in [1.165, 1.54) is 34.9 Å². The van der Waals surface area contributed by atoms with Crippen molar-refractivity contribution in [1.82, 2.24) is 9.29 Å². The molecule has 1 N–H and O–H groups in total. The molecule has 1 aromatic carbocycles. The normalized spacial score (nSPS) is 16.4. The molecule has 0 radical (unpaired) electrons. The Kier molecular flexibility index (Phi) is 5.33. The smallest absolute Gasteiger partial charge is 0.244 e. The minimum atomic E-state index is -3.59. The van der Waals surface area contributed by atoms with Gasteiger partial charge in [-0.15, -0.1) is 0 Å². The Morgan fingerprint density at radius 1 is 1.27 bits per heavy atom. The zero-order valence-corrected chi connectivity index (χ0v) is 15.2. The van der Waals surface area contributed by atoms with Crippen LogP contribution in [0.5, 0.6) is 0 Å². The summed E-state index contributed by atoms with van der Waals surface area (Å²) in [5.41, 5.74) is 1.22. The molecule has 8 heteroatoms. The fraction of sp³-hybridized carbons (Fsp3) is 0.333. The van der Waals surface area contributed by atoms with Crippen LogP contribution in [0.3, 0.4) is 0 Å². The van der Waals surface area contributed by atoms with Crippen LogP contribution in [0.25, 0.3) is 0 Å². The van der Waals surface area contributed by atoms with Crippen molar-refractivity contribution in [2.45, 2.75) is 24.7 Å². The average Bonchev–Trinajstić information content (AvgIpc) is 2.65. The second-order valence-corrected chi connectivity index (χ2v) is 8.25. The summed E-state index contributed by atoms with van der Waals surface area (Å²) >= 11 is 0. The lowest BCUT2D eigenvalue weighted by atomic mass is 9.97. The van der Waals surface area contributed by atoms with Crippen molar-refractivity contribution < 1.29 is 17.6 Å². The number of hydrogen-bond donors (Lipinski definition) is 1. The topological polar surface area (TPSA) is 79.4 Å². The van der Waals surface area contributed by atoms with Crippen LogP contribution in [0, 0.1) is 18.7 Å². The van der Waals surface area contributed by atoms with E-state index in [1.807, 2.05) is 0 Å². The summed E-state index contributed by atoms with van der Waals surface area (Å²) in [4.78, 5) is 16.4. The molecule has 0 aliphatic carbocycles. The average molecular weight is 377 g/mol. The Labute approximate surface area is 152 Å². The maximum Gasteiger partial charge on any atom is 0.244 e. The lowest BCUT2D eigenvalue weighted by Gasteiger charge is -2.30. The van der Waals surface area contributed by atoms with Crippen molar-refractivity contribution >= 4 is 21.6 Å². The summed E-state index contributed by atoms with van der Waals surface area (Å²) < 4.78 is 39.9. The number of nitrogens with zero attached hydrogens (tertiary/aromatic N) is 2. The van der Waals surface area contributed by atoms with Crippen LogP contribution in [0.2, 0.25) is 0 Å². The van der Waals surface area contributed by atoms with Crippen molar-refractivity contribution in [3.05, 3.63) is 54.1 Å². The minimum absolute atomic E-state index is 0.151. The molecule has 0 saturated carbocycles. The highest BCUT2D eigenvalue weighted by Crippen LogP contribution is 2.25. The molecule has 1 fully saturated rings. The summed E-state index contributed by atoms with van der Waals surface area (Å²) in [5.74, 6) is -0.932. The fourth-order valence-corrected chi connectivity index (χ4v) is 4.41. The molecular weight excluding hydrogens is 357 g/mol. The monoisotopic (exact) mass is 377 g/mol. The second-order valence-electron chi connectivity index (χ2n) is 6.32. The van der Waals surface area contributed by atoms with Crippen LogP contribution in [0.4, 0.5) is 10.1 Å². The van der Waals surface area contributed by atoms with Crippen molar-refractivity contribution in [2.75, 3.05) is 18.4 Å². The third-order valence-electron chi connectivity index (χ3n) is 4.55. The SMILES string of the molecule is Cc1ccc(F)cc1NC(=O)C1CCN(S(=O)(=O)c2cccnc2)CC1. The predicted molar refractivity (Wildman–Crippen MR) is 95.5 cm³/mol. The lowest BCUT2D eigenvalue weighted by molar-refractivity contribution is -0.120. The van der Waals surface area contributed by atoms with Crippen molar-refractivity contribution in [3.63, 3.8) is 0 Å². The maximum atomic E-state index is 13.4. The predicted octanol–water partition coefficient (Wildman–Crippen LogP) is 2.57. The summed E-state index contributed by atoms with van der Waals surface area (Å²) in [6.45, 7) is 2.31. The van der Waals surface area contributed by atoms with Crippen molar-refractivity contribution in [3.8, 4) is 0 Å². The number of benzene rings is 1. The van der Waals surface area contributed by atoms with E-state index in [-0.39, 0.29) is 29.8 Å². The summed E-state index contributed by atoms with van der Waals surface area (Å²) in [6.07, 6.45) is 3.67. The van der Waals surface area contributed by atoms with Gasteiger partial charge in [0.25, 0.3) is 0 Å². The number of amides is 1. The van der Waals surface area contributed by atoms with E-state index in [0.717, 1.165) is 5.56 Å². The molecule has 2 heterocycles. The second kappa shape index (κ2) is 7.51. The number of carbonyl (C=O) groups excluding carboxylic acids is 1. The standard InChI is InChI=1S/C18H20FN3O3S/c1-13-4-5-15(19)11-17(13)21-18(23)14-6-9-22(10-7-14)26(24,25)16-3-2-8-20-12-16/h2-5,8,11-12,14H,6-7,9-10H2,1H3,(H,21,23). The highest BCUT2D eigenvalue weighted by molar-refractivity contribution is 7.89. The van der Waals surface area contributed by atoms with Gasteiger partial charge in [0.1, 0.15) is 10.7 Å². The van der Waals surface area contributed by atoms with Gasteiger partial charge >= 0.3 is 0 Å². The molecule has 1 amide bonds. The molecule has 1 aliphatic rings. The van der Waals surface area contributed by atoms with Gasteiger partial charge in [0.2, 0.25) is 15.9 Å². The maximum absolute atomic E-state index is 13.4. The van der Waals surface area contributed by atoms with Crippen LogP contribution in [0.15, 0.2) is 47.6 Å². The van der Waals surface area contributed by atoms with E-state index < -0.39 is 15.8 Å². The quantitative estimate of drug-likeness (QED) is 0.888. The molecule has 26 heavy (non-hydrogen) atoms. The number of piperidine rings is 1. The number of nitrogens with one attached hydrogen (secondary N) is 1. The first-order chi connectivity index (χ1) is 12.4. The molecule has 3 rings (SSSR count). The van der Waals surface area contributed by atoms with E-state index >= 15 is 0 Å². The molecule has 138 valence electrons. The minimum Gasteiger partial charge on any atom is -0.326 e. The van der Waals surface area contributed by atoms with Crippen molar-refractivity contribution in [2.24, 2.45) is 5.92 Å². The number of pyridine rings is 1. The van der Waals surface area contributed by atoms with Gasteiger partial charge in [-0.05, 0) is 49.6 Å². The van der Waals surface area contributed by atoms with Gasteiger partial charge in [0.05, 0.1) is 0 Å². The fourth-order valence-electron chi connectivity index (χ4n) is 2.97. The first-order valence-corrected chi connectivity index (χ1v) is 9.79. The van der Waals surface area contributed by atoms with Gasteiger partial charge in [-0.25, -0.2) is 12.8 Å². The van der Waals surface area contributed by atoms with Crippen LogP contribution in [-0.4, -0.2) is 36.7 Å². The summed E-state index contributed by atoms with van der Waals surface area (Å²) in [5, 5.41) is 2.75. The van der Waals surface area contributed by atoms with Crippen LogP contribution < -0.4 is 5.32 Å². The Morgan fingerprint density at radius 2 is 2.00 bits per heavy atom. The molecule has 6 nitrogen and oxygen atoms in total. The Balaban J connectivity index is 1.63. The number of halogens is 1. The summed E-state index contributed by atoms with van der Waals surface area (Å²) in [7, 11) is -3.59. The van der Waals surface area contributed by atoms with Gasteiger partial charge in [0.15, 0.2) is 0 Å². The molecule has 1 saturated heterocycles. The Bertz CT molecular complexity index is 895. The van der Waals surface area contributed by atoms with E-state index in [2.05, 4.69) is 10.3 Å². The number of sulfonamides is 1. The molecule has 0 spiro atoms. The number of hydrogen-bond acceptors (Lipinski definition) is 4. The van der Waals surface area contributed by atoms with Gasteiger partial charge < -0.3 is 5.32 Å². The molecular formula is C18H20FN3O3S. The van der Waals surface area contributed by atoms with E-state index in [0.29, 0.717) is 18.5 Å². The van der Waals surface area contributed by atoms with E-state index in [9.17, 15) is 17.6 Å². The zero-order chi connectivity index (χ0) is 18.7. The zero-order valence-electron chi connectivity index (χ0n) is 14.4. The van der Waals surface area contributed by atoms with Crippen molar-refractivity contribution in [1.29, 1.82) is 0 Å². The molecule has 0 unspecified atom stereocenters. The third-order valence-corrected chi connectivity index (χ3v) is 6.44. The Hall–Kier alpha value is -2.32. The molecule has 1 aliphatic heterocycles. The number of carbonyl (C=O) groups is 1. The first kappa shape index (κ1) is 18.5. The van der Waals surface area contributed by atoms with Gasteiger partial charge in [-0.1, -0.05) is 6.07 Å².